The first kappa shape index (κ1) is 10.1. The summed E-state index contributed by atoms with van der Waals surface area (Å²) in [5, 5.41) is 0. The summed E-state index contributed by atoms with van der Waals surface area (Å²) < 4.78 is 22.2. The molecule has 0 aliphatic rings. The molecule has 0 aliphatic heterocycles. The van der Waals surface area contributed by atoms with Crippen LogP contribution in [-0.2, 0) is 8.85 Å². The monoisotopic (exact) mass is 166 g/mol. The van der Waals surface area contributed by atoms with Crippen molar-refractivity contribution < 1.29 is 13.2 Å². The van der Waals surface area contributed by atoms with Gasteiger partial charge in [-0.3, -0.25) is 4.39 Å². The highest BCUT2D eigenvalue weighted by atomic mass is 28.3. The highest BCUT2D eigenvalue weighted by Crippen LogP contribution is 1.97. The van der Waals surface area contributed by atoms with Crippen LogP contribution in [0, 0.1) is 0 Å². The average molecular weight is 166 g/mol. The Morgan fingerprint density at radius 2 is 1.70 bits per heavy atom. The Hall–Kier alpha value is 0.0669. The third kappa shape index (κ3) is 4.90. The van der Waals surface area contributed by atoms with E-state index in [0.29, 0.717) is 19.3 Å². The zero-order valence-corrected chi connectivity index (χ0v) is 7.75. The van der Waals surface area contributed by atoms with Crippen LogP contribution >= 0.6 is 0 Å². The van der Waals surface area contributed by atoms with E-state index in [1.54, 1.807) is 0 Å². The van der Waals surface area contributed by atoms with E-state index >= 15 is 0 Å². The molecule has 0 N–H and O–H groups in total. The third-order valence-electron chi connectivity index (χ3n) is 1.05. The summed E-state index contributed by atoms with van der Waals surface area (Å²) in [7, 11) is -1.61. The van der Waals surface area contributed by atoms with E-state index in [0.717, 1.165) is 0 Å². The van der Waals surface area contributed by atoms with Gasteiger partial charge in [0.15, 0.2) is 0 Å². The first-order valence-electron chi connectivity index (χ1n) is 3.64. The van der Waals surface area contributed by atoms with Gasteiger partial charge in [-0.2, -0.15) is 0 Å². The summed E-state index contributed by atoms with van der Waals surface area (Å²) in [4.78, 5) is 0. The van der Waals surface area contributed by atoms with E-state index in [1.807, 2.05) is 13.8 Å². The van der Waals surface area contributed by atoms with E-state index < -0.39 is 9.28 Å². The average Bonchev–Trinajstić information content (AvgIpc) is 1.90. The number of hydrogen-bond acceptors (Lipinski definition) is 2. The topological polar surface area (TPSA) is 18.5 Å². The van der Waals surface area contributed by atoms with Crippen molar-refractivity contribution in [1.29, 1.82) is 0 Å². The van der Waals surface area contributed by atoms with Crippen LogP contribution in [0.3, 0.4) is 0 Å². The predicted octanol–water partition coefficient (Wildman–Crippen LogP) is 1.25. The van der Waals surface area contributed by atoms with Gasteiger partial charge in [-0.1, -0.05) is 0 Å². The van der Waals surface area contributed by atoms with Crippen molar-refractivity contribution in [3.63, 3.8) is 0 Å². The lowest BCUT2D eigenvalue weighted by atomic mass is 10.9. The fourth-order valence-corrected chi connectivity index (χ4v) is 2.03. The molecule has 0 spiro atoms. The second-order valence-electron chi connectivity index (χ2n) is 1.82. The number of halogens is 1. The van der Waals surface area contributed by atoms with Gasteiger partial charge in [0.1, 0.15) is 0 Å². The summed E-state index contributed by atoms with van der Waals surface area (Å²) in [6.07, 6.45) is 0. The molecule has 0 amide bonds. The Labute approximate surface area is 63.2 Å². The van der Waals surface area contributed by atoms with Crippen LogP contribution in [0.2, 0.25) is 6.04 Å². The van der Waals surface area contributed by atoms with E-state index in [2.05, 4.69) is 0 Å². The highest BCUT2D eigenvalue weighted by molar-refractivity contribution is 6.44. The second-order valence-corrected chi connectivity index (χ2v) is 3.92. The van der Waals surface area contributed by atoms with E-state index in [9.17, 15) is 4.39 Å². The molecule has 0 saturated heterocycles. The van der Waals surface area contributed by atoms with Crippen molar-refractivity contribution in [2.45, 2.75) is 19.9 Å². The Morgan fingerprint density at radius 3 is 2.00 bits per heavy atom. The molecule has 0 aromatic rings. The molecule has 62 valence electrons. The molecule has 0 fully saturated rings. The molecule has 0 aromatic carbocycles. The van der Waals surface area contributed by atoms with Gasteiger partial charge in [-0.25, -0.2) is 0 Å². The van der Waals surface area contributed by atoms with Gasteiger partial charge in [-0.15, -0.1) is 0 Å². The molecule has 0 unspecified atom stereocenters. The van der Waals surface area contributed by atoms with E-state index in [-0.39, 0.29) is 6.67 Å². The first-order chi connectivity index (χ1) is 4.85. The van der Waals surface area contributed by atoms with Crippen molar-refractivity contribution in [2.24, 2.45) is 0 Å². The summed E-state index contributed by atoms with van der Waals surface area (Å²) in [5.74, 6) is 0. The van der Waals surface area contributed by atoms with E-state index in [1.165, 1.54) is 0 Å². The Bertz CT molecular complexity index is 58.5. The van der Waals surface area contributed by atoms with Crippen LogP contribution in [0.1, 0.15) is 13.8 Å². The number of alkyl halides is 1. The van der Waals surface area contributed by atoms with Gasteiger partial charge in [0.25, 0.3) is 0 Å². The van der Waals surface area contributed by atoms with Crippen LogP contribution in [0.5, 0.6) is 0 Å². The van der Waals surface area contributed by atoms with Crippen molar-refractivity contribution in [2.75, 3.05) is 19.9 Å². The molecule has 0 rings (SSSR count). The van der Waals surface area contributed by atoms with Crippen LogP contribution < -0.4 is 0 Å². The van der Waals surface area contributed by atoms with Crippen molar-refractivity contribution in [1.82, 2.24) is 0 Å². The van der Waals surface area contributed by atoms with Crippen LogP contribution in [0.4, 0.5) is 4.39 Å². The summed E-state index contributed by atoms with van der Waals surface area (Å²) in [6.45, 7) is 4.75. The van der Waals surface area contributed by atoms with Crippen LogP contribution in [0.25, 0.3) is 0 Å². The Morgan fingerprint density at radius 1 is 1.20 bits per heavy atom. The lowest BCUT2D eigenvalue weighted by molar-refractivity contribution is 0.210. The molecule has 4 heteroatoms. The van der Waals surface area contributed by atoms with Crippen molar-refractivity contribution in [3.8, 4) is 0 Å². The summed E-state index contributed by atoms with van der Waals surface area (Å²) >= 11 is 0. The lowest BCUT2D eigenvalue weighted by Gasteiger charge is -2.11. The SMILES string of the molecule is CCO[SiH](CCF)OCC. The predicted molar refractivity (Wildman–Crippen MR) is 41.2 cm³/mol. The molecule has 0 heterocycles. The molecule has 2 nitrogen and oxygen atoms in total. The maximum absolute atomic E-state index is 11.8. The molecule has 0 aliphatic carbocycles. The summed E-state index contributed by atoms with van der Waals surface area (Å²) in [5.41, 5.74) is 0. The first-order valence-corrected chi connectivity index (χ1v) is 5.40. The number of hydrogen-bond donors (Lipinski definition) is 0. The van der Waals surface area contributed by atoms with Crippen molar-refractivity contribution in [3.05, 3.63) is 0 Å². The second kappa shape index (κ2) is 7.18. The Balaban J connectivity index is 3.30. The molecular weight excluding hydrogens is 151 g/mol. The minimum atomic E-state index is -1.61. The zero-order valence-electron chi connectivity index (χ0n) is 6.60. The maximum Gasteiger partial charge on any atom is 0.324 e. The molecule has 0 aromatic heterocycles. The number of rotatable bonds is 6. The molecule has 10 heavy (non-hydrogen) atoms. The van der Waals surface area contributed by atoms with Gasteiger partial charge in [0, 0.05) is 19.3 Å². The van der Waals surface area contributed by atoms with Crippen LogP contribution in [0.15, 0.2) is 0 Å². The molecule has 0 bridgehead atoms. The quantitative estimate of drug-likeness (QED) is 0.553. The van der Waals surface area contributed by atoms with Gasteiger partial charge in [0.05, 0.1) is 6.67 Å². The molecular formula is C6H15FO2Si. The lowest BCUT2D eigenvalue weighted by Crippen LogP contribution is -2.23. The van der Waals surface area contributed by atoms with Crippen molar-refractivity contribution >= 4 is 9.28 Å². The fraction of sp³-hybridized carbons (Fsp3) is 1.00. The van der Waals surface area contributed by atoms with E-state index in [4.69, 9.17) is 8.85 Å². The van der Waals surface area contributed by atoms with Gasteiger partial charge < -0.3 is 8.85 Å². The minimum Gasteiger partial charge on any atom is -0.397 e. The maximum atomic E-state index is 11.8. The van der Waals surface area contributed by atoms with Gasteiger partial charge in [-0.05, 0) is 13.8 Å². The van der Waals surface area contributed by atoms with Gasteiger partial charge >= 0.3 is 9.28 Å². The normalized spacial score (nSPS) is 10.8. The largest absolute Gasteiger partial charge is 0.397 e. The molecule has 0 atom stereocenters. The smallest absolute Gasteiger partial charge is 0.324 e. The van der Waals surface area contributed by atoms with Gasteiger partial charge in [0.2, 0.25) is 0 Å². The molecule has 0 radical (unpaired) electrons. The van der Waals surface area contributed by atoms with Crippen LogP contribution in [-0.4, -0.2) is 29.2 Å². The fourth-order valence-electron chi connectivity index (χ4n) is 0.676. The standard InChI is InChI=1S/C6H15FO2Si/c1-3-8-10(6-5-7)9-4-2/h10H,3-6H2,1-2H3. The Kier molecular flexibility index (Phi) is 7.23. The summed E-state index contributed by atoms with van der Waals surface area (Å²) in [6, 6.07) is 0.474. The molecule has 0 saturated carbocycles. The third-order valence-corrected chi connectivity index (χ3v) is 3.15. The zero-order chi connectivity index (χ0) is 7.82. The minimum absolute atomic E-state index is 0.323. The highest BCUT2D eigenvalue weighted by Gasteiger charge is 2.10.